The number of hydrogen-bond donors (Lipinski definition) is 1. The molecule has 3 rings (SSSR count). The molecule has 0 fully saturated rings. The van der Waals surface area contributed by atoms with Gasteiger partial charge in [-0.1, -0.05) is 36.4 Å². The van der Waals surface area contributed by atoms with E-state index in [9.17, 15) is 0 Å². The summed E-state index contributed by atoms with van der Waals surface area (Å²) in [6.45, 7) is 0.975. The van der Waals surface area contributed by atoms with Gasteiger partial charge in [-0.3, -0.25) is 4.98 Å². The quantitative estimate of drug-likeness (QED) is 0.694. The summed E-state index contributed by atoms with van der Waals surface area (Å²) in [5.74, 6) is 0. The molecule has 0 bridgehead atoms. The van der Waals surface area contributed by atoms with Gasteiger partial charge in [0.25, 0.3) is 0 Å². The van der Waals surface area contributed by atoms with Gasteiger partial charge >= 0.3 is 0 Å². The smallest absolute Gasteiger partial charge is 0.0722 e. The number of anilines is 1. The zero-order valence-electron chi connectivity index (χ0n) is 11.4. The van der Waals surface area contributed by atoms with E-state index in [-0.39, 0.29) is 0 Å². The van der Waals surface area contributed by atoms with E-state index in [4.69, 9.17) is 0 Å². The first-order valence-corrected chi connectivity index (χ1v) is 7.05. The van der Waals surface area contributed by atoms with Crippen molar-refractivity contribution in [3.05, 3.63) is 72.4 Å². The lowest BCUT2D eigenvalue weighted by atomic mass is 10.1. The van der Waals surface area contributed by atoms with Crippen molar-refractivity contribution < 1.29 is 0 Å². The average molecular weight is 262 g/mol. The number of fused-ring (bicyclic) bond motifs is 1. The number of aryl methyl sites for hydroxylation is 1. The van der Waals surface area contributed by atoms with Crippen molar-refractivity contribution in [3.63, 3.8) is 0 Å². The third-order valence-electron chi connectivity index (χ3n) is 3.45. The summed E-state index contributed by atoms with van der Waals surface area (Å²) < 4.78 is 0. The highest BCUT2D eigenvalue weighted by Crippen LogP contribution is 2.21. The van der Waals surface area contributed by atoms with Crippen LogP contribution in [0.15, 0.2) is 66.9 Å². The molecule has 0 saturated heterocycles. The monoisotopic (exact) mass is 262 g/mol. The Hall–Kier alpha value is -2.35. The van der Waals surface area contributed by atoms with E-state index in [1.807, 2.05) is 18.3 Å². The van der Waals surface area contributed by atoms with Gasteiger partial charge in [0.05, 0.1) is 5.52 Å². The largest absolute Gasteiger partial charge is 0.384 e. The Kier molecular flexibility index (Phi) is 3.93. The van der Waals surface area contributed by atoms with Crippen molar-refractivity contribution in [2.24, 2.45) is 0 Å². The van der Waals surface area contributed by atoms with Gasteiger partial charge in [0.2, 0.25) is 0 Å². The Morgan fingerprint density at radius 2 is 1.75 bits per heavy atom. The summed E-state index contributed by atoms with van der Waals surface area (Å²) in [6, 6.07) is 20.9. The predicted molar refractivity (Wildman–Crippen MR) is 85.0 cm³/mol. The van der Waals surface area contributed by atoms with E-state index in [2.05, 4.69) is 58.8 Å². The van der Waals surface area contributed by atoms with Crippen LogP contribution >= 0.6 is 0 Å². The van der Waals surface area contributed by atoms with Gasteiger partial charge in [-0.15, -0.1) is 0 Å². The molecule has 2 nitrogen and oxygen atoms in total. The standard InChI is InChI=1S/C18H18N2/c1-2-7-15(8-3-1)9-5-13-19-17-11-4-12-18-16(17)10-6-14-20-18/h1-4,6-8,10-12,14,19H,5,9,13H2. The summed E-state index contributed by atoms with van der Waals surface area (Å²) in [4.78, 5) is 4.38. The van der Waals surface area contributed by atoms with Crippen LogP contribution in [0, 0.1) is 0 Å². The van der Waals surface area contributed by atoms with E-state index in [0.29, 0.717) is 0 Å². The minimum absolute atomic E-state index is 0.975. The van der Waals surface area contributed by atoms with Crippen molar-refractivity contribution in [2.45, 2.75) is 12.8 Å². The molecule has 0 atom stereocenters. The van der Waals surface area contributed by atoms with Crippen LogP contribution in [0.1, 0.15) is 12.0 Å². The molecular formula is C18H18N2. The highest BCUT2D eigenvalue weighted by Gasteiger charge is 2.00. The van der Waals surface area contributed by atoms with Gasteiger partial charge in [0.1, 0.15) is 0 Å². The number of aromatic nitrogens is 1. The van der Waals surface area contributed by atoms with Crippen LogP contribution in [0.25, 0.3) is 10.9 Å². The van der Waals surface area contributed by atoms with Crippen molar-refractivity contribution in [1.29, 1.82) is 0 Å². The van der Waals surface area contributed by atoms with Crippen molar-refractivity contribution >= 4 is 16.6 Å². The number of hydrogen-bond acceptors (Lipinski definition) is 2. The van der Waals surface area contributed by atoms with Crippen LogP contribution < -0.4 is 5.32 Å². The molecule has 1 aromatic heterocycles. The minimum atomic E-state index is 0.975. The molecule has 0 aliphatic carbocycles. The van der Waals surface area contributed by atoms with E-state index in [0.717, 1.165) is 24.9 Å². The van der Waals surface area contributed by atoms with Crippen molar-refractivity contribution in [1.82, 2.24) is 4.98 Å². The molecule has 3 aromatic rings. The molecule has 1 heterocycles. The van der Waals surface area contributed by atoms with E-state index in [1.165, 1.54) is 16.6 Å². The van der Waals surface area contributed by atoms with Crippen LogP contribution in [0.5, 0.6) is 0 Å². The van der Waals surface area contributed by atoms with Crippen LogP contribution in [0.2, 0.25) is 0 Å². The Bertz CT molecular complexity index is 672. The lowest BCUT2D eigenvalue weighted by Crippen LogP contribution is -2.03. The minimum Gasteiger partial charge on any atom is -0.384 e. The third kappa shape index (κ3) is 2.97. The van der Waals surface area contributed by atoms with E-state index < -0.39 is 0 Å². The number of pyridine rings is 1. The van der Waals surface area contributed by atoms with Gasteiger partial charge in [0, 0.05) is 23.8 Å². The number of rotatable bonds is 5. The Morgan fingerprint density at radius 3 is 2.65 bits per heavy atom. The third-order valence-corrected chi connectivity index (χ3v) is 3.45. The summed E-state index contributed by atoms with van der Waals surface area (Å²) in [5, 5.41) is 4.71. The molecule has 0 saturated carbocycles. The molecule has 2 heteroatoms. The zero-order chi connectivity index (χ0) is 13.6. The summed E-state index contributed by atoms with van der Waals surface area (Å²) >= 11 is 0. The maximum absolute atomic E-state index is 4.38. The van der Waals surface area contributed by atoms with E-state index in [1.54, 1.807) is 0 Å². The first-order chi connectivity index (χ1) is 9.93. The molecule has 0 aliphatic heterocycles. The first-order valence-electron chi connectivity index (χ1n) is 7.05. The van der Waals surface area contributed by atoms with Gasteiger partial charge in [-0.25, -0.2) is 0 Å². The molecule has 2 aromatic carbocycles. The predicted octanol–water partition coefficient (Wildman–Crippen LogP) is 4.28. The number of benzene rings is 2. The Labute approximate surface area is 119 Å². The number of nitrogens with zero attached hydrogens (tertiary/aromatic N) is 1. The highest BCUT2D eigenvalue weighted by atomic mass is 14.9. The van der Waals surface area contributed by atoms with Gasteiger partial charge in [0.15, 0.2) is 0 Å². The van der Waals surface area contributed by atoms with Gasteiger partial charge in [-0.2, -0.15) is 0 Å². The molecular weight excluding hydrogens is 244 g/mol. The van der Waals surface area contributed by atoms with Crippen LogP contribution in [0.3, 0.4) is 0 Å². The summed E-state index contributed by atoms with van der Waals surface area (Å²) in [5.41, 5.74) is 3.61. The maximum atomic E-state index is 4.38. The van der Waals surface area contributed by atoms with Crippen molar-refractivity contribution in [3.8, 4) is 0 Å². The average Bonchev–Trinajstić information content (AvgIpc) is 2.53. The first kappa shape index (κ1) is 12.7. The molecule has 0 radical (unpaired) electrons. The molecule has 20 heavy (non-hydrogen) atoms. The molecule has 0 unspecified atom stereocenters. The fourth-order valence-corrected chi connectivity index (χ4v) is 2.42. The van der Waals surface area contributed by atoms with Crippen LogP contribution in [-0.4, -0.2) is 11.5 Å². The molecule has 0 aliphatic rings. The fraction of sp³-hybridized carbons (Fsp3) is 0.167. The number of nitrogens with one attached hydrogen (secondary N) is 1. The van der Waals surface area contributed by atoms with E-state index >= 15 is 0 Å². The fourth-order valence-electron chi connectivity index (χ4n) is 2.42. The van der Waals surface area contributed by atoms with Crippen molar-refractivity contribution in [2.75, 3.05) is 11.9 Å². The molecule has 100 valence electrons. The SMILES string of the molecule is c1ccc(CCCNc2cccc3ncccc23)cc1. The highest BCUT2D eigenvalue weighted by molar-refractivity contribution is 5.91. The van der Waals surface area contributed by atoms with Crippen LogP contribution in [0.4, 0.5) is 5.69 Å². The maximum Gasteiger partial charge on any atom is 0.0722 e. The van der Waals surface area contributed by atoms with Gasteiger partial charge < -0.3 is 5.32 Å². The second kappa shape index (κ2) is 6.20. The Balaban J connectivity index is 1.60. The molecule has 0 spiro atoms. The molecule has 1 N–H and O–H groups in total. The lowest BCUT2D eigenvalue weighted by molar-refractivity contribution is 0.864. The second-order valence-electron chi connectivity index (χ2n) is 4.89. The summed E-state index contributed by atoms with van der Waals surface area (Å²) in [6.07, 6.45) is 4.07. The van der Waals surface area contributed by atoms with Crippen LogP contribution in [-0.2, 0) is 6.42 Å². The lowest BCUT2D eigenvalue weighted by Gasteiger charge is -2.09. The Morgan fingerprint density at radius 1 is 0.850 bits per heavy atom. The topological polar surface area (TPSA) is 24.9 Å². The van der Waals surface area contributed by atoms with Gasteiger partial charge in [-0.05, 0) is 42.7 Å². The normalized spacial score (nSPS) is 10.6. The summed E-state index contributed by atoms with van der Waals surface area (Å²) in [7, 11) is 0. The second-order valence-corrected chi connectivity index (χ2v) is 4.89. The zero-order valence-corrected chi connectivity index (χ0v) is 11.4. The molecule has 0 amide bonds.